The third-order valence-corrected chi connectivity index (χ3v) is 13.2. The van der Waals surface area contributed by atoms with Crippen LogP contribution in [0.25, 0.3) is 12.2 Å². The molecular formula is C54H58N6O12. The van der Waals surface area contributed by atoms with Crippen molar-refractivity contribution in [2.45, 2.75) is 37.8 Å². The van der Waals surface area contributed by atoms with E-state index < -0.39 is 0 Å². The van der Waals surface area contributed by atoms with Crippen LogP contribution in [0, 0.1) is 0 Å². The number of carbonyl (C=O) groups is 4. The molecule has 18 nitrogen and oxygen atoms in total. The van der Waals surface area contributed by atoms with Crippen LogP contribution in [0.3, 0.4) is 0 Å². The summed E-state index contributed by atoms with van der Waals surface area (Å²) in [5, 5.41) is 0. The fraction of sp³-hybridized carbons (Fsp3) is 0.370. The number of aliphatic imine (C=N–C) groups is 2. The summed E-state index contributed by atoms with van der Waals surface area (Å²) in [6.45, 7) is 3.73. The second kappa shape index (κ2) is 22.4. The number of carbonyl (C=O) groups excluding carboxylic acids is 4. The van der Waals surface area contributed by atoms with Crippen molar-refractivity contribution in [3.05, 3.63) is 95.1 Å². The number of hydrogen-bond donors (Lipinski definition) is 0. The van der Waals surface area contributed by atoms with Gasteiger partial charge in [-0.3, -0.25) is 29.2 Å². The predicted molar refractivity (Wildman–Crippen MR) is 270 cm³/mol. The summed E-state index contributed by atoms with van der Waals surface area (Å²) in [4.78, 5) is 69.1. The topological polar surface area (TPSA) is 180 Å². The van der Waals surface area contributed by atoms with Gasteiger partial charge in [-0.2, -0.15) is 0 Å². The number of amides is 4. The molecule has 0 saturated carbocycles. The zero-order valence-corrected chi connectivity index (χ0v) is 40.9. The molecule has 0 N–H and O–H groups in total. The molecule has 0 radical (unpaired) electrons. The largest absolute Gasteiger partial charge is 0.493 e. The van der Waals surface area contributed by atoms with Gasteiger partial charge in [-0.15, -0.1) is 0 Å². The van der Waals surface area contributed by atoms with Crippen LogP contribution in [0.5, 0.6) is 46.0 Å². The highest BCUT2D eigenvalue weighted by Gasteiger charge is 2.34. The van der Waals surface area contributed by atoms with E-state index in [9.17, 15) is 19.2 Å². The van der Waals surface area contributed by atoms with E-state index in [-0.39, 0.29) is 62.1 Å². The summed E-state index contributed by atoms with van der Waals surface area (Å²) in [7, 11) is 6.15. The van der Waals surface area contributed by atoms with E-state index in [0.717, 1.165) is 36.8 Å². The number of nitrogens with zero attached hydrogens (tertiary/aromatic N) is 6. The Bertz CT molecular complexity index is 2630. The summed E-state index contributed by atoms with van der Waals surface area (Å²) in [5.74, 6) is 3.32. The number of fused-ring (bicyclic) bond motifs is 4. The zero-order valence-electron chi connectivity index (χ0n) is 40.9. The first-order chi connectivity index (χ1) is 35.1. The maximum absolute atomic E-state index is 13.2. The van der Waals surface area contributed by atoms with E-state index >= 15 is 0 Å². The zero-order chi connectivity index (χ0) is 50.1. The monoisotopic (exact) mass is 982 g/mol. The molecule has 4 aromatic rings. The maximum Gasteiger partial charge on any atom is 0.256 e. The van der Waals surface area contributed by atoms with Gasteiger partial charge in [-0.1, -0.05) is 12.1 Å². The van der Waals surface area contributed by atoms with Crippen LogP contribution >= 0.6 is 0 Å². The number of piperazine rings is 1. The fourth-order valence-corrected chi connectivity index (χ4v) is 9.35. The Morgan fingerprint density at radius 1 is 0.500 bits per heavy atom. The van der Waals surface area contributed by atoms with Gasteiger partial charge >= 0.3 is 0 Å². The van der Waals surface area contributed by atoms with E-state index in [2.05, 4.69) is 9.98 Å². The van der Waals surface area contributed by atoms with Gasteiger partial charge in [0.2, 0.25) is 11.8 Å². The highest BCUT2D eigenvalue weighted by Crippen LogP contribution is 2.40. The standard InChI is InChI=1S/C54H58N6O12/c1-65-45-27-35(9-13-43(45)69-23-25-71-49-31-41-39(29-47(49)67-3)53(63)59-17-5-7-37(59)33-55-41)11-15-51(61)57-19-21-58(22-20-57)52(62)16-12-36-10-14-44(46(28-36)66-2)70-24-26-72-50-32-42-40(30-48(50)68-4)54(64)60-18-6-8-38(60)34-56-42/h9-16,27-34,37-38H,5-8,17-26H2,1-4H3/b15-11+,16-12+/t37-,38-/m0/s1. The Morgan fingerprint density at radius 2 is 0.875 bits per heavy atom. The molecule has 5 aliphatic heterocycles. The maximum atomic E-state index is 13.2. The van der Waals surface area contributed by atoms with Crippen molar-refractivity contribution in [1.82, 2.24) is 19.6 Å². The van der Waals surface area contributed by atoms with Crippen molar-refractivity contribution in [1.29, 1.82) is 0 Å². The lowest BCUT2D eigenvalue weighted by molar-refractivity contribution is -0.133. The first-order valence-corrected chi connectivity index (χ1v) is 24.1. The lowest BCUT2D eigenvalue weighted by atomic mass is 10.1. The van der Waals surface area contributed by atoms with E-state index in [1.165, 1.54) is 26.4 Å². The van der Waals surface area contributed by atoms with Crippen molar-refractivity contribution >= 4 is 59.6 Å². The lowest BCUT2D eigenvalue weighted by Gasteiger charge is -2.33. The number of ether oxygens (including phenoxy) is 8. The number of rotatable bonds is 18. The minimum absolute atomic E-state index is 0.00318. The summed E-state index contributed by atoms with van der Waals surface area (Å²) < 4.78 is 46.4. The van der Waals surface area contributed by atoms with Crippen molar-refractivity contribution in [2.75, 3.05) is 94.1 Å². The normalized spacial score (nSPS) is 18.1. The minimum atomic E-state index is -0.167. The molecule has 4 amide bonds. The van der Waals surface area contributed by atoms with Gasteiger partial charge in [0.05, 0.1) is 63.0 Å². The first kappa shape index (κ1) is 49.0. The minimum Gasteiger partial charge on any atom is -0.493 e. The Labute approximate surface area is 418 Å². The van der Waals surface area contributed by atoms with Gasteiger partial charge < -0.3 is 57.5 Å². The molecule has 0 aliphatic carbocycles. The van der Waals surface area contributed by atoms with Crippen LogP contribution < -0.4 is 37.9 Å². The number of methoxy groups -OCH3 is 4. The third-order valence-electron chi connectivity index (χ3n) is 13.2. The molecule has 18 heteroatoms. The van der Waals surface area contributed by atoms with Gasteiger partial charge in [0, 0.05) is 76.0 Å². The molecule has 0 aromatic heterocycles. The van der Waals surface area contributed by atoms with Gasteiger partial charge in [0.25, 0.3) is 11.8 Å². The van der Waals surface area contributed by atoms with E-state index in [4.69, 9.17) is 37.9 Å². The number of benzene rings is 4. The molecule has 5 aliphatic rings. The Morgan fingerprint density at radius 3 is 1.26 bits per heavy atom. The smallest absolute Gasteiger partial charge is 0.256 e. The average molecular weight is 983 g/mol. The quantitative estimate of drug-likeness (QED) is 0.0765. The Balaban J connectivity index is 0.708. The van der Waals surface area contributed by atoms with Crippen molar-refractivity contribution in [3.63, 3.8) is 0 Å². The van der Waals surface area contributed by atoms with Gasteiger partial charge in [-0.25, -0.2) is 0 Å². The molecule has 0 spiro atoms. The summed E-state index contributed by atoms with van der Waals surface area (Å²) in [6, 6.07) is 17.6. The van der Waals surface area contributed by atoms with E-state index in [0.29, 0.717) is 108 Å². The predicted octanol–water partition coefficient (Wildman–Crippen LogP) is 6.68. The summed E-state index contributed by atoms with van der Waals surface area (Å²) >= 11 is 0. The molecule has 3 saturated heterocycles. The Kier molecular flexibility index (Phi) is 15.2. The van der Waals surface area contributed by atoms with Crippen LogP contribution in [0.1, 0.15) is 57.5 Å². The van der Waals surface area contributed by atoms with Crippen molar-refractivity contribution in [2.24, 2.45) is 9.98 Å². The van der Waals surface area contributed by atoms with Crippen molar-refractivity contribution in [3.8, 4) is 46.0 Å². The highest BCUT2D eigenvalue weighted by molar-refractivity contribution is 6.04. The molecule has 4 aromatic carbocycles. The molecule has 376 valence electrons. The molecule has 5 heterocycles. The van der Waals surface area contributed by atoms with Crippen LogP contribution in [0.4, 0.5) is 11.4 Å². The molecule has 9 rings (SSSR count). The number of hydrogen-bond acceptors (Lipinski definition) is 14. The van der Waals surface area contributed by atoms with Crippen LogP contribution in [-0.4, -0.2) is 162 Å². The molecule has 72 heavy (non-hydrogen) atoms. The van der Waals surface area contributed by atoms with E-state index in [1.54, 1.807) is 84.7 Å². The van der Waals surface area contributed by atoms with Gasteiger partial charge in [0.1, 0.15) is 26.4 Å². The molecule has 3 fully saturated rings. The van der Waals surface area contributed by atoms with Crippen LogP contribution in [0.15, 0.2) is 82.8 Å². The molecular weight excluding hydrogens is 925 g/mol. The van der Waals surface area contributed by atoms with Crippen LogP contribution in [-0.2, 0) is 9.59 Å². The van der Waals surface area contributed by atoms with Gasteiger partial charge in [-0.05, 0) is 85.4 Å². The molecule has 0 bridgehead atoms. The molecule has 0 unspecified atom stereocenters. The lowest BCUT2D eigenvalue weighted by Crippen LogP contribution is -2.49. The Hall–Kier alpha value is -8.02. The summed E-state index contributed by atoms with van der Waals surface area (Å²) in [5.41, 5.74) is 3.55. The van der Waals surface area contributed by atoms with Crippen molar-refractivity contribution < 1.29 is 57.1 Å². The SMILES string of the molecule is COc1cc(/C=C/C(=O)N2CCN(C(=O)/C=C/c3ccc(OCCOc4cc5c(cc4OC)C(=O)N4CCC[C@H]4C=N5)c(OC)c3)CC2)ccc1OCCOc1cc2c(cc1OC)C(=O)N1CCC[C@H]1C=N2. The first-order valence-electron chi connectivity index (χ1n) is 24.1. The third kappa shape index (κ3) is 10.8. The van der Waals surface area contributed by atoms with Crippen LogP contribution in [0.2, 0.25) is 0 Å². The second-order valence-corrected chi connectivity index (χ2v) is 17.5. The second-order valence-electron chi connectivity index (χ2n) is 17.5. The van der Waals surface area contributed by atoms with E-state index in [1.807, 2.05) is 34.4 Å². The highest BCUT2D eigenvalue weighted by atomic mass is 16.6. The average Bonchev–Trinajstić information content (AvgIpc) is 4.05. The fourth-order valence-electron chi connectivity index (χ4n) is 9.35. The van der Waals surface area contributed by atoms with Gasteiger partial charge in [0.15, 0.2) is 46.0 Å². The summed E-state index contributed by atoms with van der Waals surface area (Å²) in [6.07, 6.45) is 13.8. The molecule has 2 atom stereocenters.